The van der Waals surface area contributed by atoms with Crippen molar-refractivity contribution < 1.29 is 0 Å². The lowest BCUT2D eigenvalue weighted by Crippen LogP contribution is -2.25. The largest absolute Gasteiger partial charge is 0.375 e. The zero-order valence-electron chi connectivity index (χ0n) is 24.3. The van der Waals surface area contributed by atoms with E-state index in [0.29, 0.717) is 0 Å². The highest BCUT2D eigenvalue weighted by Gasteiger charge is 2.10. The zero-order chi connectivity index (χ0) is 27.8. The third-order valence-electron chi connectivity index (χ3n) is 5.74. The Balaban J connectivity index is 0.00000127. The van der Waals surface area contributed by atoms with Crippen molar-refractivity contribution in [1.29, 1.82) is 0 Å². The monoisotopic (exact) mass is 501 g/mol. The Morgan fingerprint density at radius 3 is 2.19 bits per heavy atom. The normalized spacial score (nSPS) is 10.4. The third kappa shape index (κ3) is 9.76. The number of allylic oxidation sites excluding steroid dienone is 2. The highest BCUT2D eigenvalue weighted by molar-refractivity contribution is 5.79. The Bertz CT molecular complexity index is 1130. The van der Waals surface area contributed by atoms with Crippen molar-refractivity contribution >= 4 is 17.1 Å². The molecular weight excluding hydrogens is 454 g/mol. The van der Waals surface area contributed by atoms with Gasteiger partial charge in [-0.1, -0.05) is 71.5 Å². The van der Waals surface area contributed by atoms with Crippen molar-refractivity contribution in [1.82, 2.24) is 25.0 Å². The molecule has 0 saturated heterocycles. The van der Waals surface area contributed by atoms with Crippen molar-refractivity contribution in [3.63, 3.8) is 0 Å². The highest BCUT2D eigenvalue weighted by Crippen LogP contribution is 2.21. The number of rotatable bonds is 10. The van der Waals surface area contributed by atoms with Gasteiger partial charge in [-0.3, -0.25) is 4.98 Å². The Labute approximate surface area is 225 Å². The van der Waals surface area contributed by atoms with Crippen molar-refractivity contribution in [2.45, 2.75) is 61.3 Å². The molecule has 3 rings (SSSR count). The van der Waals surface area contributed by atoms with Crippen LogP contribution in [0.2, 0.25) is 0 Å². The molecular formula is C32H47N5. The Kier molecular flexibility index (Phi) is 14.4. The summed E-state index contributed by atoms with van der Waals surface area (Å²) in [5, 5.41) is 8.16. The molecule has 0 amide bonds. The number of aromatic nitrogens is 3. The lowest BCUT2D eigenvalue weighted by Gasteiger charge is -2.22. The van der Waals surface area contributed by atoms with Crippen molar-refractivity contribution in [2.75, 3.05) is 20.1 Å². The number of nitrogens with one attached hydrogen (secondary N) is 1. The summed E-state index contributed by atoms with van der Waals surface area (Å²) in [7, 11) is 2.07. The summed E-state index contributed by atoms with van der Waals surface area (Å²) < 4.78 is 1.96. The molecule has 0 bridgehead atoms. The molecule has 0 saturated carbocycles. The van der Waals surface area contributed by atoms with E-state index < -0.39 is 0 Å². The average Bonchev–Trinajstić information content (AvgIpc) is 3.25. The number of benzene rings is 1. The summed E-state index contributed by atoms with van der Waals surface area (Å²) >= 11 is 0. The molecule has 0 aliphatic carbocycles. The maximum atomic E-state index is 4.58. The molecule has 0 spiro atoms. The van der Waals surface area contributed by atoms with E-state index in [2.05, 4.69) is 93.3 Å². The minimum atomic E-state index is 0.805. The minimum absolute atomic E-state index is 0.805. The topological polar surface area (TPSA) is 46.0 Å². The van der Waals surface area contributed by atoms with Crippen LogP contribution in [0.25, 0.3) is 17.1 Å². The average molecular weight is 502 g/mol. The van der Waals surface area contributed by atoms with E-state index in [1.54, 1.807) is 12.4 Å². The molecule has 37 heavy (non-hydrogen) atoms. The number of aryl methyl sites for hydroxylation is 2. The van der Waals surface area contributed by atoms with Gasteiger partial charge in [0.15, 0.2) is 0 Å². The molecule has 0 aliphatic heterocycles. The first-order chi connectivity index (χ1) is 17.8. The van der Waals surface area contributed by atoms with Crippen molar-refractivity contribution in [3.8, 4) is 0 Å². The van der Waals surface area contributed by atoms with Gasteiger partial charge in [-0.05, 0) is 67.7 Å². The van der Waals surface area contributed by atoms with E-state index in [4.69, 9.17) is 0 Å². The van der Waals surface area contributed by atoms with Gasteiger partial charge in [-0.15, -0.1) is 0 Å². The fourth-order valence-corrected chi connectivity index (χ4v) is 3.53. The van der Waals surface area contributed by atoms with Gasteiger partial charge in [0, 0.05) is 49.5 Å². The van der Waals surface area contributed by atoms with Crippen molar-refractivity contribution in [3.05, 3.63) is 102 Å². The van der Waals surface area contributed by atoms with Crippen LogP contribution in [0.4, 0.5) is 0 Å². The van der Waals surface area contributed by atoms with E-state index >= 15 is 0 Å². The first-order valence-corrected chi connectivity index (χ1v) is 13.3. The lowest BCUT2D eigenvalue weighted by atomic mass is 10.0. The van der Waals surface area contributed by atoms with Gasteiger partial charge < -0.3 is 10.2 Å². The van der Waals surface area contributed by atoms with Crippen molar-refractivity contribution in [2.24, 2.45) is 0 Å². The Morgan fingerprint density at radius 1 is 1.00 bits per heavy atom. The van der Waals surface area contributed by atoms with E-state index in [9.17, 15) is 0 Å². The molecule has 1 N–H and O–H groups in total. The molecule has 2 aromatic heterocycles. The molecule has 5 heteroatoms. The van der Waals surface area contributed by atoms with Gasteiger partial charge in [0.2, 0.25) is 0 Å². The van der Waals surface area contributed by atoms with E-state index in [1.165, 1.54) is 12.0 Å². The molecule has 0 atom stereocenters. The smallest absolute Gasteiger partial charge is 0.128 e. The number of hydrogen-bond donors (Lipinski definition) is 1. The van der Waals surface area contributed by atoms with Crippen LogP contribution in [-0.2, 0) is 0 Å². The summed E-state index contributed by atoms with van der Waals surface area (Å²) in [6.45, 7) is 24.7. The first kappa shape index (κ1) is 31.4. The molecule has 0 aliphatic rings. The van der Waals surface area contributed by atoms with Crippen LogP contribution < -0.4 is 5.32 Å². The SMILES string of the molecule is C=C(/C=C(/NCCCN(C)C(=C)c1ccncc1)n1ncc(C)c1C)c1ccccc1C.CC.CCC. The van der Waals surface area contributed by atoms with Crippen LogP contribution >= 0.6 is 0 Å². The third-order valence-corrected chi connectivity index (χ3v) is 5.74. The molecule has 5 nitrogen and oxygen atoms in total. The maximum absolute atomic E-state index is 4.58. The Hall–Kier alpha value is -3.60. The number of pyridine rings is 1. The van der Waals surface area contributed by atoms with Gasteiger partial charge in [-0.2, -0.15) is 5.10 Å². The molecule has 1 aromatic carbocycles. The summed E-state index contributed by atoms with van der Waals surface area (Å²) in [6.07, 6.45) is 9.77. The minimum Gasteiger partial charge on any atom is -0.375 e. The molecule has 200 valence electrons. The van der Waals surface area contributed by atoms with Crippen LogP contribution in [0.3, 0.4) is 0 Å². The molecule has 0 radical (unpaired) electrons. The predicted octanol–water partition coefficient (Wildman–Crippen LogP) is 7.74. The molecule has 3 aromatic rings. The van der Waals surface area contributed by atoms with Gasteiger partial charge in [0.25, 0.3) is 0 Å². The number of hydrogen-bond acceptors (Lipinski definition) is 4. The maximum Gasteiger partial charge on any atom is 0.128 e. The van der Waals surface area contributed by atoms with Gasteiger partial charge in [0.05, 0.1) is 6.20 Å². The van der Waals surface area contributed by atoms with Gasteiger partial charge in [-0.25, -0.2) is 4.68 Å². The lowest BCUT2D eigenvalue weighted by molar-refractivity contribution is 0.463. The van der Waals surface area contributed by atoms with E-state index in [1.807, 2.05) is 49.0 Å². The standard InChI is InChI=1S/C27H33N5.C3H8.C2H6/c1-20-10-7-8-11-26(20)21(2)18-27(32-23(4)22(3)19-30-32)29-14-9-17-31(6)24(5)25-12-15-28-16-13-25;1-3-2;1-2/h7-8,10-13,15-16,18-19,29H,2,5,9,14,17H2,1,3-4,6H3;3H2,1-2H3;1-2H3/b27-18-;;. The second-order valence-electron chi connectivity index (χ2n) is 8.79. The summed E-state index contributed by atoms with van der Waals surface area (Å²) in [4.78, 5) is 6.26. The second kappa shape index (κ2) is 17.0. The van der Waals surface area contributed by atoms with Crippen LogP contribution in [0, 0.1) is 20.8 Å². The summed E-state index contributed by atoms with van der Waals surface area (Å²) in [5.41, 5.74) is 7.67. The fourth-order valence-electron chi connectivity index (χ4n) is 3.53. The molecule has 0 fully saturated rings. The molecule has 0 unspecified atom stereocenters. The molecule has 2 heterocycles. The predicted molar refractivity (Wildman–Crippen MR) is 162 cm³/mol. The Morgan fingerprint density at radius 2 is 1.62 bits per heavy atom. The van der Waals surface area contributed by atoms with Crippen LogP contribution in [0.15, 0.2) is 74.2 Å². The van der Waals surface area contributed by atoms with Crippen LogP contribution in [-0.4, -0.2) is 39.8 Å². The van der Waals surface area contributed by atoms with E-state index in [-0.39, 0.29) is 0 Å². The quantitative estimate of drug-likeness (QED) is 0.228. The second-order valence-corrected chi connectivity index (χ2v) is 8.79. The zero-order valence-corrected chi connectivity index (χ0v) is 24.3. The van der Waals surface area contributed by atoms with E-state index in [0.717, 1.165) is 59.0 Å². The summed E-state index contributed by atoms with van der Waals surface area (Å²) in [6, 6.07) is 12.3. The number of nitrogens with zero attached hydrogens (tertiary/aromatic N) is 4. The fraction of sp³-hybridized carbons (Fsp3) is 0.375. The van der Waals surface area contributed by atoms with Crippen LogP contribution in [0.5, 0.6) is 0 Å². The summed E-state index contributed by atoms with van der Waals surface area (Å²) in [5.74, 6) is 0.930. The van der Waals surface area contributed by atoms with Gasteiger partial charge >= 0.3 is 0 Å². The van der Waals surface area contributed by atoms with Gasteiger partial charge in [0.1, 0.15) is 5.82 Å². The highest BCUT2D eigenvalue weighted by atomic mass is 15.3. The first-order valence-electron chi connectivity index (χ1n) is 13.3. The van der Waals surface area contributed by atoms with Crippen LogP contribution in [0.1, 0.15) is 68.5 Å².